The number of hydrogen-bond acceptors (Lipinski definition) is 2. The molecule has 0 spiro atoms. The van der Waals surface area contributed by atoms with E-state index < -0.39 is 0 Å². The Morgan fingerprint density at radius 3 is 2.83 bits per heavy atom. The number of hydrogen-bond donors (Lipinski definition) is 0. The minimum Gasteiger partial charge on any atom is -0.299 e. The smallest absolute Gasteiger partial charge is 0.124 e. The second-order valence-electron chi connectivity index (χ2n) is 5.94. The molecule has 1 aromatic carbocycles. The van der Waals surface area contributed by atoms with Gasteiger partial charge in [-0.3, -0.25) is 4.90 Å². The molecule has 96 valence electrons. The topological polar surface area (TPSA) is 27.0 Å². The molecular weight excluding hydrogens is 227 g/mol. The van der Waals surface area contributed by atoms with Crippen molar-refractivity contribution >= 4 is 0 Å². The van der Waals surface area contributed by atoms with Crippen LogP contribution in [0.25, 0.3) is 0 Å². The molecule has 1 heterocycles. The second-order valence-corrected chi connectivity index (χ2v) is 5.94. The van der Waals surface area contributed by atoms with Crippen molar-refractivity contribution in [1.82, 2.24) is 4.90 Å². The first kappa shape index (κ1) is 13.0. The average Bonchev–Trinajstić information content (AvgIpc) is 2.26. The Bertz CT molecular complexity index is 474. The molecule has 1 fully saturated rings. The Hall–Kier alpha value is -1.40. The zero-order valence-corrected chi connectivity index (χ0v) is 11.0. The van der Waals surface area contributed by atoms with Gasteiger partial charge in [0.1, 0.15) is 5.82 Å². The molecule has 1 aromatic rings. The molecular formula is C15H19FN2. The number of rotatable bonds is 2. The van der Waals surface area contributed by atoms with Crippen LogP contribution < -0.4 is 0 Å². The highest BCUT2D eigenvalue weighted by molar-refractivity contribution is 5.33. The van der Waals surface area contributed by atoms with Crippen LogP contribution in [0.1, 0.15) is 37.8 Å². The lowest BCUT2D eigenvalue weighted by Crippen LogP contribution is -2.39. The van der Waals surface area contributed by atoms with Crippen molar-refractivity contribution in [2.75, 3.05) is 13.1 Å². The molecule has 1 aliphatic rings. The van der Waals surface area contributed by atoms with Gasteiger partial charge in [-0.1, -0.05) is 13.8 Å². The normalized spacial score (nSPS) is 19.4. The summed E-state index contributed by atoms with van der Waals surface area (Å²) in [5.41, 5.74) is 1.63. The zero-order chi connectivity index (χ0) is 13.2. The van der Waals surface area contributed by atoms with E-state index in [0.717, 1.165) is 25.2 Å². The third kappa shape index (κ3) is 3.30. The quantitative estimate of drug-likeness (QED) is 0.800. The van der Waals surface area contributed by atoms with Gasteiger partial charge >= 0.3 is 0 Å². The van der Waals surface area contributed by atoms with Crippen LogP contribution in [0.2, 0.25) is 0 Å². The van der Waals surface area contributed by atoms with Gasteiger partial charge in [-0.05, 0) is 48.6 Å². The Balaban J connectivity index is 2.10. The first-order valence-electron chi connectivity index (χ1n) is 6.40. The predicted octanol–water partition coefficient (Wildman–Crippen LogP) is 3.32. The molecule has 1 saturated heterocycles. The van der Waals surface area contributed by atoms with Crippen molar-refractivity contribution in [3.05, 3.63) is 35.1 Å². The summed E-state index contributed by atoms with van der Waals surface area (Å²) < 4.78 is 13.4. The second kappa shape index (κ2) is 5.07. The van der Waals surface area contributed by atoms with Crippen molar-refractivity contribution < 1.29 is 4.39 Å². The van der Waals surface area contributed by atoms with Crippen LogP contribution in [-0.4, -0.2) is 18.0 Å². The maximum atomic E-state index is 13.4. The fraction of sp³-hybridized carbons (Fsp3) is 0.533. The summed E-state index contributed by atoms with van der Waals surface area (Å²) in [7, 11) is 0. The third-order valence-electron chi connectivity index (χ3n) is 3.47. The third-order valence-corrected chi connectivity index (χ3v) is 3.47. The summed E-state index contributed by atoms with van der Waals surface area (Å²) in [5, 5.41) is 8.85. The van der Waals surface area contributed by atoms with Gasteiger partial charge in [0.25, 0.3) is 0 Å². The van der Waals surface area contributed by atoms with Crippen molar-refractivity contribution in [3.8, 4) is 6.07 Å². The van der Waals surface area contributed by atoms with E-state index in [0.29, 0.717) is 11.0 Å². The van der Waals surface area contributed by atoms with Crippen LogP contribution >= 0.6 is 0 Å². The van der Waals surface area contributed by atoms with Crippen LogP contribution in [0.5, 0.6) is 0 Å². The first-order chi connectivity index (χ1) is 8.48. The molecule has 0 unspecified atom stereocenters. The number of halogens is 1. The van der Waals surface area contributed by atoms with E-state index in [9.17, 15) is 4.39 Å². The molecule has 2 rings (SSSR count). The van der Waals surface area contributed by atoms with Crippen molar-refractivity contribution in [1.29, 1.82) is 5.26 Å². The van der Waals surface area contributed by atoms with E-state index in [1.165, 1.54) is 25.0 Å². The molecule has 0 aromatic heterocycles. The van der Waals surface area contributed by atoms with Crippen LogP contribution in [0, 0.1) is 22.6 Å². The van der Waals surface area contributed by atoms with Crippen molar-refractivity contribution in [3.63, 3.8) is 0 Å². The number of benzene rings is 1. The first-order valence-corrected chi connectivity index (χ1v) is 6.40. The van der Waals surface area contributed by atoms with Crippen LogP contribution in [0.15, 0.2) is 18.2 Å². The van der Waals surface area contributed by atoms with Gasteiger partial charge in [0.15, 0.2) is 0 Å². The zero-order valence-electron chi connectivity index (χ0n) is 11.0. The van der Waals surface area contributed by atoms with E-state index in [-0.39, 0.29) is 5.82 Å². The molecule has 3 heteroatoms. The number of nitrogens with zero attached hydrogens (tertiary/aromatic N) is 2. The molecule has 0 radical (unpaired) electrons. The highest BCUT2D eigenvalue weighted by Gasteiger charge is 2.26. The maximum Gasteiger partial charge on any atom is 0.124 e. The summed E-state index contributed by atoms with van der Waals surface area (Å²) in [5.74, 6) is -0.319. The van der Waals surface area contributed by atoms with Crippen molar-refractivity contribution in [2.45, 2.75) is 33.2 Å². The van der Waals surface area contributed by atoms with Gasteiger partial charge in [-0.15, -0.1) is 0 Å². The average molecular weight is 246 g/mol. The van der Waals surface area contributed by atoms with Crippen molar-refractivity contribution in [2.24, 2.45) is 5.41 Å². The van der Waals surface area contributed by atoms with Gasteiger partial charge in [-0.2, -0.15) is 5.26 Å². The highest BCUT2D eigenvalue weighted by Crippen LogP contribution is 2.29. The van der Waals surface area contributed by atoms with Crippen LogP contribution in [0.4, 0.5) is 4.39 Å². The summed E-state index contributed by atoms with van der Waals surface area (Å²) in [4.78, 5) is 2.35. The Morgan fingerprint density at radius 1 is 1.39 bits per heavy atom. The Morgan fingerprint density at radius 2 is 2.17 bits per heavy atom. The molecule has 0 bridgehead atoms. The van der Waals surface area contributed by atoms with Gasteiger partial charge in [0.05, 0.1) is 11.6 Å². The molecule has 0 amide bonds. The van der Waals surface area contributed by atoms with Gasteiger partial charge < -0.3 is 0 Å². The lowest BCUT2D eigenvalue weighted by molar-refractivity contribution is 0.111. The summed E-state index contributed by atoms with van der Waals surface area (Å²) in [6, 6.07) is 6.60. The number of likely N-dealkylation sites (tertiary alicyclic amines) is 1. The largest absolute Gasteiger partial charge is 0.299 e. The molecule has 0 atom stereocenters. The minimum atomic E-state index is -0.319. The fourth-order valence-corrected chi connectivity index (χ4v) is 2.74. The van der Waals surface area contributed by atoms with Crippen LogP contribution in [0.3, 0.4) is 0 Å². The van der Waals surface area contributed by atoms with E-state index in [2.05, 4.69) is 18.7 Å². The van der Waals surface area contributed by atoms with Gasteiger partial charge in [-0.25, -0.2) is 4.39 Å². The standard InChI is InChI=1S/C15H19FN2/c1-15(2)4-3-5-18(11-15)10-13-6-12(9-17)7-14(16)8-13/h6-8H,3-5,10-11H2,1-2H3. The van der Waals surface area contributed by atoms with E-state index >= 15 is 0 Å². The highest BCUT2D eigenvalue weighted by atomic mass is 19.1. The van der Waals surface area contributed by atoms with E-state index in [1.54, 1.807) is 6.07 Å². The lowest BCUT2D eigenvalue weighted by atomic mass is 9.84. The minimum absolute atomic E-state index is 0.319. The van der Waals surface area contributed by atoms with E-state index in [1.807, 2.05) is 6.07 Å². The van der Waals surface area contributed by atoms with Gasteiger partial charge in [0.2, 0.25) is 0 Å². The SMILES string of the molecule is CC1(C)CCCN(Cc2cc(F)cc(C#N)c2)C1. The fourth-order valence-electron chi connectivity index (χ4n) is 2.74. The molecule has 0 N–H and O–H groups in total. The Labute approximate surface area is 108 Å². The Kier molecular flexibility index (Phi) is 3.68. The molecule has 1 aliphatic heterocycles. The summed E-state index contributed by atoms with van der Waals surface area (Å²) in [6.07, 6.45) is 2.43. The van der Waals surface area contributed by atoms with Crippen LogP contribution in [-0.2, 0) is 6.54 Å². The summed E-state index contributed by atoms with van der Waals surface area (Å²) >= 11 is 0. The molecule has 2 nitrogen and oxygen atoms in total. The number of piperidine rings is 1. The lowest BCUT2D eigenvalue weighted by Gasteiger charge is -2.38. The van der Waals surface area contributed by atoms with E-state index in [4.69, 9.17) is 5.26 Å². The monoisotopic (exact) mass is 246 g/mol. The van der Waals surface area contributed by atoms with Gasteiger partial charge in [0, 0.05) is 13.1 Å². The molecule has 18 heavy (non-hydrogen) atoms. The maximum absolute atomic E-state index is 13.4. The molecule has 0 aliphatic carbocycles. The predicted molar refractivity (Wildman–Crippen MR) is 69.4 cm³/mol. The molecule has 0 saturated carbocycles. The summed E-state index contributed by atoms with van der Waals surface area (Å²) in [6.45, 7) is 7.36. The number of nitriles is 1.